The lowest BCUT2D eigenvalue weighted by atomic mass is 10.7. The Kier molecular flexibility index (Phi) is 3.96. The van der Waals surface area contributed by atoms with Crippen molar-refractivity contribution >= 4 is 22.5 Å². The van der Waals surface area contributed by atoms with E-state index in [2.05, 4.69) is 0 Å². The van der Waals surface area contributed by atoms with Crippen molar-refractivity contribution in [3.8, 4) is 0 Å². The van der Waals surface area contributed by atoms with E-state index >= 15 is 0 Å². The first-order chi connectivity index (χ1) is 4.50. The minimum atomic E-state index is -6.42. The summed E-state index contributed by atoms with van der Waals surface area (Å²) >= 11 is 0. The Bertz CT molecular complexity index is 242. The van der Waals surface area contributed by atoms with Gasteiger partial charge in [0.25, 0.3) is 0 Å². The van der Waals surface area contributed by atoms with Gasteiger partial charge in [0, 0.05) is 0 Å². The third-order valence-electron chi connectivity index (χ3n) is 0.654. The summed E-state index contributed by atoms with van der Waals surface area (Å²) in [6.45, 7) is 0. The lowest BCUT2D eigenvalue weighted by Crippen LogP contribution is -2.43. The molecule has 0 saturated carbocycles. The summed E-state index contributed by atoms with van der Waals surface area (Å²) in [5, 5.41) is -6.10. The standard InChI is InChI=1S/C2HF5O3S.ClH/c3-1(4,5)2(6,7)11(8,9)10;/h(H,8,9,10);1H. The van der Waals surface area contributed by atoms with Crippen LogP contribution in [-0.4, -0.2) is 24.4 Å². The van der Waals surface area contributed by atoms with Crippen LogP contribution < -0.4 is 0 Å². The molecule has 0 bridgehead atoms. The summed E-state index contributed by atoms with van der Waals surface area (Å²) in [6.07, 6.45) is -6.29. The second-order valence-corrected chi connectivity index (χ2v) is 2.95. The van der Waals surface area contributed by atoms with Crippen molar-refractivity contribution in [3.63, 3.8) is 0 Å². The normalized spacial score (nSPS) is 13.8. The van der Waals surface area contributed by atoms with Crippen LogP contribution in [0.3, 0.4) is 0 Å². The van der Waals surface area contributed by atoms with E-state index in [1.807, 2.05) is 0 Å². The maximum atomic E-state index is 11.5. The lowest BCUT2D eigenvalue weighted by molar-refractivity contribution is -0.243. The predicted octanol–water partition coefficient (Wildman–Crippen LogP) is 1.45. The third kappa shape index (κ3) is 2.42. The zero-order valence-electron chi connectivity index (χ0n) is 4.97. The van der Waals surface area contributed by atoms with Crippen molar-refractivity contribution in [2.75, 3.05) is 0 Å². The Morgan fingerprint density at radius 2 is 1.25 bits per heavy atom. The van der Waals surface area contributed by atoms with Gasteiger partial charge in [-0.05, 0) is 0 Å². The minimum absolute atomic E-state index is 0. The van der Waals surface area contributed by atoms with Gasteiger partial charge in [0.2, 0.25) is 0 Å². The summed E-state index contributed by atoms with van der Waals surface area (Å²) in [5.41, 5.74) is 0. The Labute approximate surface area is 69.7 Å². The number of hydrogen-bond acceptors (Lipinski definition) is 2. The van der Waals surface area contributed by atoms with Crippen molar-refractivity contribution in [3.05, 3.63) is 0 Å². The fourth-order valence-corrected chi connectivity index (χ4v) is 0.439. The smallest absolute Gasteiger partial charge is 0.281 e. The molecule has 10 heteroatoms. The summed E-state index contributed by atoms with van der Waals surface area (Å²) in [7, 11) is -6.42. The maximum absolute atomic E-state index is 11.5. The molecule has 0 aliphatic carbocycles. The molecule has 1 N–H and O–H groups in total. The van der Waals surface area contributed by atoms with Crippen molar-refractivity contribution in [1.29, 1.82) is 0 Å². The lowest BCUT2D eigenvalue weighted by Gasteiger charge is -2.15. The Morgan fingerprint density at radius 1 is 1.00 bits per heavy atom. The van der Waals surface area contributed by atoms with E-state index in [-0.39, 0.29) is 12.4 Å². The molecular weight excluding hydrogens is 235 g/mol. The Hall–Kier alpha value is -0.150. The van der Waals surface area contributed by atoms with Gasteiger partial charge < -0.3 is 0 Å². The van der Waals surface area contributed by atoms with Crippen LogP contribution in [0.2, 0.25) is 0 Å². The van der Waals surface area contributed by atoms with Crippen LogP contribution in [-0.2, 0) is 10.1 Å². The summed E-state index contributed by atoms with van der Waals surface area (Å²) in [5.74, 6) is 0. The van der Waals surface area contributed by atoms with Crippen LogP contribution in [0.25, 0.3) is 0 Å². The molecule has 0 saturated heterocycles. The highest BCUT2D eigenvalue weighted by Crippen LogP contribution is 2.38. The van der Waals surface area contributed by atoms with Gasteiger partial charge >= 0.3 is 21.5 Å². The SMILES string of the molecule is Cl.O=S(=O)(O)C(F)(F)C(F)(F)F. The average molecular weight is 237 g/mol. The number of alkyl halides is 5. The first-order valence-electron chi connectivity index (χ1n) is 1.91. The molecule has 0 heterocycles. The topological polar surface area (TPSA) is 54.4 Å². The molecule has 76 valence electrons. The summed E-state index contributed by atoms with van der Waals surface area (Å²) in [4.78, 5) is 0. The van der Waals surface area contributed by atoms with E-state index in [0.29, 0.717) is 0 Å². The van der Waals surface area contributed by atoms with Gasteiger partial charge in [0.15, 0.2) is 0 Å². The van der Waals surface area contributed by atoms with Crippen molar-refractivity contribution in [2.24, 2.45) is 0 Å². The fourth-order valence-electron chi connectivity index (χ4n) is 0.146. The Morgan fingerprint density at radius 3 is 1.25 bits per heavy atom. The second-order valence-electron chi connectivity index (χ2n) is 1.49. The number of halogens is 6. The zero-order chi connectivity index (χ0) is 9.50. The van der Waals surface area contributed by atoms with E-state index in [4.69, 9.17) is 4.55 Å². The van der Waals surface area contributed by atoms with Gasteiger partial charge in [0.05, 0.1) is 0 Å². The Balaban J connectivity index is 0. The molecule has 0 aromatic heterocycles. The van der Waals surface area contributed by atoms with Crippen LogP contribution in [0.5, 0.6) is 0 Å². The molecule has 0 spiro atoms. The van der Waals surface area contributed by atoms with E-state index in [1.165, 1.54) is 0 Å². The minimum Gasteiger partial charge on any atom is -0.281 e. The van der Waals surface area contributed by atoms with Crippen LogP contribution in [0.1, 0.15) is 0 Å². The molecule has 3 nitrogen and oxygen atoms in total. The first-order valence-corrected chi connectivity index (χ1v) is 3.36. The second kappa shape index (κ2) is 3.30. The van der Waals surface area contributed by atoms with E-state index in [1.54, 1.807) is 0 Å². The molecule has 0 amide bonds. The van der Waals surface area contributed by atoms with Gasteiger partial charge in [-0.1, -0.05) is 0 Å². The van der Waals surface area contributed by atoms with Crippen molar-refractivity contribution < 1.29 is 34.9 Å². The van der Waals surface area contributed by atoms with Crippen molar-refractivity contribution in [1.82, 2.24) is 0 Å². The molecule has 0 fully saturated rings. The average Bonchev–Trinajstić information content (AvgIpc) is 1.58. The zero-order valence-corrected chi connectivity index (χ0v) is 6.60. The molecular formula is C2H2ClF5O3S. The predicted molar refractivity (Wildman–Crippen MR) is 29.8 cm³/mol. The highest BCUT2D eigenvalue weighted by molar-refractivity contribution is 7.86. The van der Waals surface area contributed by atoms with Crippen LogP contribution >= 0.6 is 12.4 Å². The molecule has 0 aromatic carbocycles. The van der Waals surface area contributed by atoms with Gasteiger partial charge in [-0.3, -0.25) is 4.55 Å². The molecule has 0 unspecified atom stereocenters. The molecule has 0 atom stereocenters. The molecule has 0 rings (SSSR count). The van der Waals surface area contributed by atoms with Gasteiger partial charge in [-0.2, -0.15) is 30.4 Å². The van der Waals surface area contributed by atoms with E-state index < -0.39 is 21.5 Å². The highest BCUT2D eigenvalue weighted by atomic mass is 35.5. The molecule has 12 heavy (non-hydrogen) atoms. The first kappa shape index (κ1) is 14.4. The van der Waals surface area contributed by atoms with Gasteiger partial charge in [-0.25, -0.2) is 0 Å². The molecule has 0 aromatic rings. The monoisotopic (exact) mass is 236 g/mol. The summed E-state index contributed by atoms with van der Waals surface area (Å²) < 4.78 is 82.2. The van der Waals surface area contributed by atoms with Crippen LogP contribution in [0, 0.1) is 0 Å². The number of rotatable bonds is 1. The fraction of sp³-hybridized carbons (Fsp3) is 1.00. The van der Waals surface area contributed by atoms with Crippen molar-refractivity contribution in [2.45, 2.75) is 11.4 Å². The van der Waals surface area contributed by atoms with E-state index in [0.717, 1.165) is 0 Å². The number of hydrogen-bond donors (Lipinski definition) is 1. The van der Waals surface area contributed by atoms with Crippen LogP contribution in [0.15, 0.2) is 0 Å². The molecule has 0 aliphatic rings. The molecule has 0 radical (unpaired) electrons. The highest BCUT2D eigenvalue weighted by Gasteiger charge is 2.67. The largest absolute Gasteiger partial charge is 0.472 e. The van der Waals surface area contributed by atoms with Crippen LogP contribution in [0.4, 0.5) is 22.0 Å². The van der Waals surface area contributed by atoms with Gasteiger partial charge in [0.1, 0.15) is 0 Å². The third-order valence-corrected chi connectivity index (χ3v) is 1.53. The van der Waals surface area contributed by atoms with E-state index in [9.17, 15) is 30.4 Å². The quantitative estimate of drug-likeness (QED) is 0.554. The van der Waals surface area contributed by atoms with Gasteiger partial charge in [-0.15, -0.1) is 12.4 Å². The summed E-state index contributed by atoms with van der Waals surface area (Å²) in [6, 6.07) is 0. The molecule has 0 aliphatic heterocycles. The maximum Gasteiger partial charge on any atom is 0.472 e.